The van der Waals surface area contributed by atoms with Gasteiger partial charge in [0, 0.05) is 18.2 Å². The number of nitrogens with zero attached hydrogens (tertiary/aromatic N) is 1. The van der Waals surface area contributed by atoms with Crippen LogP contribution >= 0.6 is 23.2 Å². The number of carbonyl (C=O) groups is 2. The third-order valence-electron chi connectivity index (χ3n) is 6.37. The minimum absolute atomic E-state index is 0.000843. The van der Waals surface area contributed by atoms with Crippen molar-refractivity contribution in [3.63, 3.8) is 0 Å². The summed E-state index contributed by atoms with van der Waals surface area (Å²) in [5, 5.41) is 14.1. The molecule has 10 nitrogen and oxygen atoms in total. The van der Waals surface area contributed by atoms with Gasteiger partial charge in [0.25, 0.3) is 5.91 Å². The number of pyridine rings is 1. The smallest absolute Gasteiger partial charge is 0.387 e. The van der Waals surface area contributed by atoms with Gasteiger partial charge in [0.05, 0.1) is 17.1 Å². The lowest BCUT2D eigenvalue weighted by Crippen LogP contribution is -2.32. The van der Waals surface area contributed by atoms with E-state index in [2.05, 4.69) is 10.1 Å². The highest BCUT2D eigenvalue weighted by atomic mass is 35.5. The number of alkyl halides is 2. The van der Waals surface area contributed by atoms with Crippen molar-refractivity contribution < 1.29 is 45.7 Å². The number of aromatic nitrogens is 1. The molecule has 1 N–H and O–H groups in total. The van der Waals surface area contributed by atoms with Crippen LogP contribution in [0.3, 0.4) is 0 Å². The summed E-state index contributed by atoms with van der Waals surface area (Å²) in [4.78, 5) is 25.5. The average Bonchev–Trinajstić information content (AvgIpc) is 3.76. The number of hydrogen-bond donors (Lipinski definition) is 1. The zero-order chi connectivity index (χ0) is 31.3. The van der Waals surface area contributed by atoms with Gasteiger partial charge in [0.15, 0.2) is 33.7 Å². The van der Waals surface area contributed by atoms with Crippen molar-refractivity contribution in [3.8, 4) is 11.5 Å². The molecule has 0 radical (unpaired) electrons. The lowest BCUT2D eigenvalue weighted by Gasteiger charge is -2.21. The SMILES string of the molecule is CS(=O)(=O)c1ccccc1C(=O)NCC(=O)OC(Cc1c(Cl)c[n+]([O-])cc1Cl)c1ccc(OC(F)F)c(OCC2CC2)c1. The van der Waals surface area contributed by atoms with Gasteiger partial charge in [-0.25, -0.2) is 8.42 Å². The molecule has 0 bridgehead atoms. The van der Waals surface area contributed by atoms with Gasteiger partial charge in [-0.3, -0.25) is 9.59 Å². The second kappa shape index (κ2) is 13.7. The van der Waals surface area contributed by atoms with Crippen LogP contribution in [-0.4, -0.2) is 46.3 Å². The first-order chi connectivity index (χ1) is 20.3. The van der Waals surface area contributed by atoms with Crippen molar-refractivity contribution in [2.24, 2.45) is 5.92 Å². The molecular weight excluding hydrogens is 633 g/mol. The number of benzene rings is 2. The zero-order valence-corrected chi connectivity index (χ0v) is 24.9. The van der Waals surface area contributed by atoms with Crippen LogP contribution < -0.4 is 19.5 Å². The minimum atomic E-state index is -3.73. The first kappa shape index (κ1) is 32.2. The molecule has 3 aromatic rings. The standard InChI is InChI=1S/C28H26Cl2F2N2O8S/c1-43(38,39)25-5-3-2-4-18(25)27(36)33-12-26(35)41-23(11-19-20(29)13-34(37)14-21(19)30)17-8-9-22(42-28(31)32)24(10-17)40-15-16-6-7-16/h2-5,8-10,13-14,16,23,28H,6-7,11-12,15H2,1H3,(H,33,36). The monoisotopic (exact) mass is 658 g/mol. The van der Waals surface area contributed by atoms with Crippen LogP contribution in [0.2, 0.25) is 10.0 Å². The summed E-state index contributed by atoms with van der Waals surface area (Å²) >= 11 is 12.5. The molecule has 0 saturated heterocycles. The fourth-order valence-corrected chi connectivity index (χ4v) is 5.57. The van der Waals surface area contributed by atoms with Crippen molar-refractivity contribution in [2.75, 3.05) is 19.4 Å². The summed E-state index contributed by atoms with van der Waals surface area (Å²) in [6.45, 7) is -3.49. The van der Waals surface area contributed by atoms with E-state index in [1.54, 1.807) is 0 Å². The van der Waals surface area contributed by atoms with E-state index < -0.39 is 41.0 Å². The highest BCUT2D eigenvalue weighted by Crippen LogP contribution is 2.37. The summed E-state index contributed by atoms with van der Waals surface area (Å²) in [5.41, 5.74) is 0.392. The number of nitrogens with one attached hydrogen (secondary N) is 1. The van der Waals surface area contributed by atoms with Gasteiger partial charge >= 0.3 is 12.6 Å². The van der Waals surface area contributed by atoms with Gasteiger partial charge in [-0.05, 0) is 48.6 Å². The van der Waals surface area contributed by atoms with Gasteiger partial charge in [0.2, 0.25) is 0 Å². The minimum Gasteiger partial charge on any atom is -0.619 e. The number of rotatable bonds is 13. The number of carbonyl (C=O) groups excluding carboxylic acids is 2. The lowest BCUT2D eigenvalue weighted by molar-refractivity contribution is -0.605. The molecule has 0 aliphatic heterocycles. The largest absolute Gasteiger partial charge is 0.619 e. The fraction of sp³-hybridized carbons (Fsp3) is 0.321. The molecule has 43 heavy (non-hydrogen) atoms. The van der Waals surface area contributed by atoms with Crippen LogP contribution in [0.15, 0.2) is 59.8 Å². The Labute approximate surface area is 256 Å². The van der Waals surface area contributed by atoms with E-state index in [9.17, 15) is 32.0 Å². The Hall–Kier alpha value is -3.68. The highest BCUT2D eigenvalue weighted by molar-refractivity contribution is 7.90. The first-order valence-corrected chi connectivity index (χ1v) is 15.5. The number of sulfone groups is 1. The maximum absolute atomic E-state index is 13.0. The van der Waals surface area contributed by atoms with Crippen molar-refractivity contribution in [1.29, 1.82) is 0 Å². The molecule has 0 spiro atoms. The molecule has 1 heterocycles. The molecule has 4 rings (SSSR count). The Morgan fingerprint density at radius 1 is 1.09 bits per heavy atom. The molecule has 1 fully saturated rings. The Kier molecular flexibility index (Phi) is 10.3. The van der Waals surface area contributed by atoms with Crippen LogP contribution in [0, 0.1) is 11.1 Å². The van der Waals surface area contributed by atoms with Crippen LogP contribution in [-0.2, 0) is 25.8 Å². The van der Waals surface area contributed by atoms with E-state index in [0.717, 1.165) is 31.5 Å². The molecular formula is C28H26Cl2F2N2O8S. The molecule has 15 heteroatoms. The second-order valence-electron chi connectivity index (χ2n) is 9.77. The third-order valence-corrected chi connectivity index (χ3v) is 8.18. The molecule has 1 amide bonds. The Morgan fingerprint density at radius 3 is 2.40 bits per heavy atom. The van der Waals surface area contributed by atoms with Crippen LogP contribution in [0.4, 0.5) is 8.78 Å². The van der Waals surface area contributed by atoms with E-state index in [1.807, 2.05) is 0 Å². The predicted molar refractivity (Wildman–Crippen MR) is 151 cm³/mol. The fourth-order valence-electron chi connectivity index (χ4n) is 4.09. The molecule has 2 aromatic carbocycles. The van der Waals surface area contributed by atoms with E-state index in [4.69, 9.17) is 32.7 Å². The van der Waals surface area contributed by atoms with E-state index in [-0.39, 0.29) is 56.5 Å². The maximum Gasteiger partial charge on any atom is 0.387 e. The quantitative estimate of drug-likeness (QED) is 0.159. The van der Waals surface area contributed by atoms with Crippen molar-refractivity contribution in [3.05, 3.63) is 86.8 Å². The summed E-state index contributed by atoms with van der Waals surface area (Å²) < 4.78 is 66.6. The normalized spacial score (nSPS) is 13.8. The van der Waals surface area contributed by atoms with E-state index >= 15 is 0 Å². The molecule has 1 aliphatic rings. The van der Waals surface area contributed by atoms with Gasteiger partial charge in [0.1, 0.15) is 22.7 Å². The van der Waals surface area contributed by atoms with Crippen LogP contribution in [0.25, 0.3) is 0 Å². The summed E-state index contributed by atoms with van der Waals surface area (Å²) in [7, 11) is -3.73. The molecule has 1 unspecified atom stereocenters. The average molecular weight is 659 g/mol. The Morgan fingerprint density at radius 2 is 1.77 bits per heavy atom. The Balaban J connectivity index is 1.59. The van der Waals surface area contributed by atoms with Crippen molar-refractivity contribution in [2.45, 2.75) is 36.9 Å². The summed E-state index contributed by atoms with van der Waals surface area (Å²) in [6.07, 6.45) is 3.66. The van der Waals surface area contributed by atoms with E-state index in [1.165, 1.54) is 42.5 Å². The number of hydrogen-bond acceptors (Lipinski definition) is 8. The molecule has 230 valence electrons. The van der Waals surface area contributed by atoms with Gasteiger partial charge in [-0.1, -0.05) is 41.4 Å². The molecule has 1 atom stereocenters. The van der Waals surface area contributed by atoms with Gasteiger partial charge < -0.3 is 24.7 Å². The van der Waals surface area contributed by atoms with Crippen LogP contribution in [0.5, 0.6) is 11.5 Å². The zero-order valence-electron chi connectivity index (χ0n) is 22.6. The first-order valence-electron chi connectivity index (χ1n) is 12.9. The maximum atomic E-state index is 13.0. The predicted octanol–water partition coefficient (Wildman–Crippen LogP) is 4.68. The number of amides is 1. The van der Waals surface area contributed by atoms with Crippen LogP contribution in [0.1, 0.15) is 40.4 Å². The van der Waals surface area contributed by atoms with Gasteiger partial charge in [-0.15, -0.1) is 0 Å². The van der Waals surface area contributed by atoms with E-state index in [0.29, 0.717) is 10.3 Å². The Bertz CT molecular complexity index is 1600. The second-order valence-corrected chi connectivity index (χ2v) is 12.6. The molecule has 1 aromatic heterocycles. The number of halogens is 4. The highest BCUT2D eigenvalue weighted by Gasteiger charge is 2.27. The topological polar surface area (TPSA) is 135 Å². The number of ether oxygens (including phenoxy) is 3. The molecule has 1 saturated carbocycles. The lowest BCUT2D eigenvalue weighted by atomic mass is 10.0. The summed E-state index contributed by atoms with van der Waals surface area (Å²) in [5.74, 6) is -1.68. The number of esters is 1. The van der Waals surface area contributed by atoms with Crippen molar-refractivity contribution >= 4 is 44.9 Å². The van der Waals surface area contributed by atoms with Crippen molar-refractivity contribution in [1.82, 2.24) is 5.32 Å². The third kappa shape index (κ3) is 8.91. The summed E-state index contributed by atoms with van der Waals surface area (Å²) in [6, 6.07) is 9.52. The molecule has 1 aliphatic carbocycles. The van der Waals surface area contributed by atoms with Gasteiger partial charge in [-0.2, -0.15) is 13.5 Å².